The number of ether oxygens (including phenoxy) is 1. The highest BCUT2D eigenvalue weighted by Gasteiger charge is 2.43. The average Bonchev–Trinajstić information content (AvgIpc) is 3.02. The van der Waals surface area contributed by atoms with Gasteiger partial charge in [0.15, 0.2) is 0 Å². The Morgan fingerprint density at radius 1 is 1.32 bits per heavy atom. The first-order chi connectivity index (χ1) is 10.2. The molecule has 2 aliphatic heterocycles. The van der Waals surface area contributed by atoms with Crippen molar-refractivity contribution in [1.29, 1.82) is 0 Å². The summed E-state index contributed by atoms with van der Waals surface area (Å²) in [6, 6.07) is -0.589. The molecule has 0 aromatic heterocycles. The first-order valence-corrected chi connectivity index (χ1v) is 7.84. The molecule has 2 amide bonds. The van der Waals surface area contributed by atoms with Crippen LogP contribution in [0.25, 0.3) is 0 Å². The molecule has 0 spiro atoms. The van der Waals surface area contributed by atoms with Crippen LogP contribution in [0.1, 0.15) is 33.6 Å². The molecule has 2 unspecified atom stereocenters. The normalized spacial score (nSPS) is 29.0. The number of alkyl halides is 1. The predicted molar refractivity (Wildman–Crippen MR) is 80.0 cm³/mol. The second-order valence-corrected chi connectivity index (χ2v) is 7.16. The zero-order valence-electron chi connectivity index (χ0n) is 13.5. The smallest absolute Gasteiger partial charge is 0.410 e. The maximum absolute atomic E-state index is 13.3. The van der Waals surface area contributed by atoms with Gasteiger partial charge in [0, 0.05) is 13.1 Å². The van der Waals surface area contributed by atoms with Crippen LogP contribution in [0, 0.1) is 5.92 Å². The second-order valence-electron chi connectivity index (χ2n) is 7.16. The van der Waals surface area contributed by atoms with Crippen LogP contribution in [0.5, 0.6) is 0 Å². The van der Waals surface area contributed by atoms with Crippen molar-refractivity contribution in [2.45, 2.75) is 51.4 Å². The molecule has 2 N–H and O–H groups in total. The molecule has 0 aliphatic carbocycles. The van der Waals surface area contributed by atoms with Crippen LogP contribution < -0.4 is 5.73 Å². The molecule has 0 radical (unpaired) electrons. The molecular weight excluding hydrogens is 289 g/mol. The molecule has 3 atom stereocenters. The van der Waals surface area contributed by atoms with Crippen molar-refractivity contribution < 1.29 is 18.7 Å². The van der Waals surface area contributed by atoms with Crippen molar-refractivity contribution in [3.05, 3.63) is 0 Å². The number of hydrogen-bond acceptors (Lipinski definition) is 4. The summed E-state index contributed by atoms with van der Waals surface area (Å²) in [5, 5.41) is 0. The van der Waals surface area contributed by atoms with Crippen LogP contribution >= 0.6 is 0 Å². The molecule has 0 aromatic rings. The van der Waals surface area contributed by atoms with Crippen LogP contribution in [0.4, 0.5) is 9.18 Å². The number of nitrogens with two attached hydrogens (primary N) is 1. The maximum atomic E-state index is 13.3. The molecule has 7 heteroatoms. The third-order valence-corrected chi connectivity index (χ3v) is 4.08. The Morgan fingerprint density at radius 2 is 2.00 bits per heavy atom. The summed E-state index contributed by atoms with van der Waals surface area (Å²) in [6.45, 7) is 6.70. The van der Waals surface area contributed by atoms with E-state index >= 15 is 0 Å². The Labute approximate surface area is 130 Å². The fourth-order valence-electron chi connectivity index (χ4n) is 2.98. The van der Waals surface area contributed by atoms with Crippen molar-refractivity contribution in [3.63, 3.8) is 0 Å². The van der Waals surface area contributed by atoms with Crippen LogP contribution in [-0.4, -0.2) is 65.8 Å². The maximum Gasteiger partial charge on any atom is 0.410 e. The molecule has 126 valence electrons. The molecule has 0 bridgehead atoms. The molecule has 6 nitrogen and oxygen atoms in total. The summed E-state index contributed by atoms with van der Waals surface area (Å²) >= 11 is 0. The summed E-state index contributed by atoms with van der Waals surface area (Å²) in [5.74, 6) is -0.118. The zero-order chi connectivity index (χ0) is 16.5. The van der Waals surface area contributed by atoms with Crippen molar-refractivity contribution >= 4 is 12.0 Å². The number of carbonyl (C=O) groups excluding carboxylic acids is 2. The number of likely N-dealkylation sites (tertiary alicyclic amines) is 2. The van der Waals surface area contributed by atoms with E-state index in [9.17, 15) is 14.0 Å². The van der Waals surface area contributed by atoms with Gasteiger partial charge >= 0.3 is 6.09 Å². The van der Waals surface area contributed by atoms with E-state index in [1.807, 2.05) is 0 Å². The molecule has 22 heavy (non-hydrogen) atoms. The van der Waals surface area contributed by atoms with Crippen LogP contribution in [0.15, 0.2) is 0 Å². The van der Waals surface area contributed by atoms with Crippen molar-refractivity contribution in [1.82, 2.24) is 9.80 Å². The largest absolute Gasteiger partial charge is 0.444 e. The molecule has 0 aromatic carbocycles. The summed E-state index contributed by atoms with van der Waals surface area (Å²) in [6.07, 6.45) is -0.587. The summed E-state index contributed by atoms with van der Waals surface area (Å²) in [4.78, 5) is 27.9. The molecular formula is C15H26FN3O3. The number of nitrogens with zero attached hydrogens (tertiary/aromatic N) is 2. The summed E-state index contributed by atoms with van der Waals surface area (Å²) in [7, 11) is 0. The lowest BCUT2D eigenvalue weighted by Crippen LogP contribution is -2.48. The van der Waals surface area contributed by atoms with Crippen molar-refractivity contribution in [3.8, 4) is 0 Å². The molecule has 2 fully saturated rings. The zero-order valence-corrected chi connectivity index (χ0v) is 13.5. The Hall–Kier alpha value is -1.37. The van der Waals surface area contributed by atoms with Crippen LogP contribution in [0.3, 0.4) is 0 Å². The molecule has 2 rings (SSSR count). The third kappa shape index (κ3) is 3.88. The minimum Gasteiger partial charge on any atom is -0.444 e. The SMILES string of the molecule is CC(C)(C)OC(=O)N1CC(CN)C[C@H]1C(=O)N1CCC(F)C1. The Morgan fingerprint density at radius 3 is 2.50 bits per heavy atom. The van der Waals surface area contributed by atoms with E-state index < -0.39 is 23.9 Å². The van der Waals surface area contributed by atoms with E-state index in [0.717, 1.165) is 0 Å². The number of hydrogen-bond donors (Lipinski definition) is 1. The van der Waals surface area contributed by atoms with Gasteiger partial charge < -0.3 is 15.4 Å². The minimum absolute atomic E-state index is 0.0743. The lowest BCUT2D eigenvalue weighted by Gasteiger charge is -2.30. The van der Waals surface area contributed by atoms with Gasteiger partial charge in [0.25, 0.3) is 0 Å². The molecule has 2 heterocycles. The van der Waals surface area contributed by atoms with E-state index in [1.165, 1.54) is 9.80 Å². The monoisotopic (exact) mass is 315 g/mol. The van der Waals surface area contributed by atoms with Gasteiger partial charge in [-0.1, -0.05) is 0 Å². The van der Waals surface area contributed by atoms with E-state index in [4.69, 9.17) is 10.5 Å². The Kier molecular flexibility index (Phi) is 4.94. The van der Waals surface area contributed by atoms with E-state index in [1.54, 1.807) is 20.8 Å². The lowest BCUT2D eigenvalue weighted by atomic mass is 10.1. The molecule has 0 saturated carbocycles. The average molecular weight is 315 g/mol. The first-order valence-electron chi connectivity index (χ1n) is 7.84. The molecule has 2 saturated heterocycles. The fourth-order valence-corrected chi connectivity index (χ4v) is 2.98. The quantitative estimate of drug-likeness (QED) is 0.829. The van der Waals surface area contributed by atoms with Gasteiger partial charge in [-0.3, -0.25) is 9.69 Å². The standard InChI is InChI=1S/C15H26FN3O3/c1-15(2,3)22-14(21)19-8-10(7-17)6-12(19)13(20)18-5-4-11(16)9-18/h10-12H,4-9,17H2,1-3H3/t10?,11?,12-/m0/s1. The van der Waals surface area contributed by atoms with Gasteiger partial charge in [-0.25, -0.2) is 9.18 Å². The van der Waals surface area contributed by atoms with Gasteiger partial charge in [-0.05, 0) is 46.1 Å². The van der Waals surface area contributed by atoms with Gasteiger partial charge in [-0.2, -0.15) is 0 Å². The van der Waals surface area contributed by atoms with Gasteiger partial charge in [0.2, 0.25) is 5.91 Å². The third-order valence-electron chi connectivity index (χ3n) is 4.08. The van der Waals surface area contributed by atoms with Crippen molar-refractivity contribution in [2.24, 2.45) is 11.7 Å². The Bertz CT molecular complexity index is 438. The van der Waals surface area contributed by atoms with E-state index in [-0.39, 0.29) is 18.4 Å². The summed E-state index contributed by atoms with van der Waals surface area (Å²) < 4.78 is 18.7. The van der Waals surface area contributed by atoms with Gasteiger partial charge in [-0.15, -0.1) is 0 Å². The number of amides is 2. The second kappa shape index (κ2) is 6.40. The number of halogens is 1. The number of carbonyl (C=O) groups is 2. The van der Waals surface area contributed by atoms with Crippen LogP contribution in [-0.2, 0) is 9.53 Å². The lowest BCUT2D eigenvalue weighted by molar-refractivity contribution is -0.135. The molecule has 2 aliphatic rings. The van der Waals surface area contributed by atoms with Crippen LogP contribution in [0.2, 0.25) is 0 Å². The van der Waals surface area contributed by atoms with Gasteiger partial charge in [0.1, 0.15) is 17.8 Å². The first kappa shape index (κ1) is 17.0. The van der Waals surface area contributed by atoms with E-state index in [0.29, 0.717) is 32.5 Å². The van der Waals surface area contributed by atoms with E-state index in [2.05, 4.69) is 0 Å². The Balaban J connectivity index is 2.09. The summed E-state index contributed by atoms with van der Waals surface area (Å²) in [5.41, 5.74) is 5.08. The minimum atomic E-state index is -0.967. The highest BCUT2D eigenvalue weighted by atomic mass is 19.1. The number of rotatable bonds is 2. The van der Waals surface area contributed by atoms with Gasteiger partial charge in [0.05, 0.1) is 6.54 Å². The fraction of sp³-hybridized carbons (Fsp3) is 0.867. The highest BCUT2D eigenvalue weighted by Crippen LogP contribution is 2.27. The topological polar surface area (TPSA) is 75.9 Å². The highest BCUT2D eigenvalue weighted by molar-refractivity contribution is 5.86. The van der Waals surface area contributed by atoms with Crippen molar-refractivity contribution in [2.75, 3.05) is 26.2 Å². The predicted octanol–water partition coefficient (Wildman–Crippen LogP) is 1.14.